The van der Waals surface area contributed by atoms with Gasteiger partial charge in [-0.2, -0.15) is 0 Å². The largest absolute Gasteiger partial charge is 0.344 e. The lowest BCUT2D eigenvalue weighted by Crippen LogP contribution is -2.49. The molecule has 4 atom stereocenters. The summed E-state index contributed by atoms with van der Waals surface area (Å²) >= 11 is 2.09. The molecule has 2 fully saturated rings. The Bertz CT molecular complexity index is 354. The first-order valence-corrected chi connectivity index (χ1v) is 8.47. The summed E-state index contributed by atoms with van der Waals surface area (Å²) in [4.78, 5) is 7.61. The molecule has 102 valence electrons. The molecule has 3 rings (SSSR count). The number of hydrogen-bond donors (Lipinski definition) is 0. The SMILES string of the molecule is CC1CC(C)N2C(=N1)SC1(C)CCCCCCC21. The van der Waals surface area contributed by atoms with Crippen LogP contribution in [0.4, 0.5) is 0 Å². The maximum absolute atomic E-state index is 4.93. The Morgan fingerprint density at radius 2 is 2.00 bits per heavy atom. The van der Waals surface area contributed by atoms with Crippen LogP contribution in [0.1, 0.15) is 65.7 Å². The molecule has 1 aliphatic carbocycles. The molecule has 0 radical (unpaired) electrons. The Hall–Kier alpha value is -0.180. The lowest BCUT2D eigenvalue weighted by atomic mass is 9.85. The van der Waals surface area contributed by atoms with Crippen molar-refractivity contribution in [3.8, 4) is 0 Å². The summed E-state index contributed by atoms with van der Waals surface area (Å²) in [6.07, 6.45) is 9.67. The molecule has 2 aliphatic heterocycles. The second kappa shape index (κ2) is 4.73. The standard InChI is InChI=1S/C15H26N2S/c1-11-10-12(2)17-13-8-6-4-5-7-9-15(13,3)18-14(17)16-11/h11-13H,4-10H2,1-3H3. The van der Waals surface area contributed by atoms with Gasteiger partial charge in [-0.15, -0.1) is 0 Å². The van der Waals surface area contributed by atoms with Gasteiger partial charge in [0.1, 0.15) is 0 Å². The predicted molar refractivity (Wildman–Crippen MR) is 80.3 cm³/mol. The van der Waals surface area contributed by atoms with Crippen LogP contribution < -0.4 is 0 Å². The molecule has 0 N–H and O–H groups in total. The topological polar surface area (TPSA) is 15.6 Å². The van der Waals surface area contributed by atoms with Crippen molar-refractivity contribution in [2.24, 2.45) is 4.99 Å². The van der Waals surface area contributed by atoms with Crippen LogP contribution in [-0.2, 0) is 0 Å². The lowest BCUT2D eigenvalue weighted by molar-refractivity contribution is 0.175. The smallest absolute Gasteiger partial charge is 0.160 e. The van der Waals surface area contributed by atoms with E-state index in [0.717, 1.165) is 6.04 Å². The van der Waals surface area contributed by atoms with E-state index in [4.69, 9.17) is 4.99 Å². The van der Waals surface area contributed by atoms with Crippen molar-refractivity contribution < 1.29 is 0 Å². The molecule has 0 bridgehead atoms. The highest BCUT2D eigenvalue weighted by atomic mass is 32.2. The van der Waals surface area contributed by atoms with Crippen LogP contribution in [0.15, 0.2) is 4.99 Å². The van der Waals surface area contributed by atoms with E-state index in [1.54, 1.807) is 0 Å². The number of fused-ring (bicyclic) bond motifs is 3. The van der Waals surface area contributed by atoms with Gasteiger partial charge in [-0.05, 0) is 40.0 Å². The maximum Gasteiger partial charge on any atom is 0.160 e. The van der Waals surface area contributed by atoms with Gasteiger partial charge in [-0.25, -0.2) is 0 Å². The van der Waals surface area contributed by atoms with E-state index in [9.17, 15) is 0 Å². The van der Waals surface area contributed by atoms with Gasteiger partial charge in [0.05, 0.1) is 6.04 Å². The molecule has 2 heterocycles. The van der Waals surface area contributed by atoms with Crippen LogP contribution in [0.3, 0.4) is 0 Å². The summed E-state index contributed by atoms with van der Waals surface area (Å²) in [6, 6.07) is 1.95. The first-order chi connectivity index (χ1) is 8.60. The summed E-state index contributed by atoms with van der Waals surface area (Å²) in [5.74, 6) is 0. The summed E-state index contributed by atoms with van der Waals surface area (Å²) in [6.45, 7) is 7.16. The molecule has 18 heavy (non-hydrogen) atoms. The number of rotatable bonds is 0. The minimum Gasteiger partial charge on any atom is -0.344 e. The average molecular weight is 266 g/mol. The third-order valence-electron chi connectivity index (χ3n) is 4.97. The van der Waals surface area contributed by atoms with Crippen molar-refractivity contribution in [1.82, 2.24) is 4.90 Å². The van der Waals surface area contributed by atoms with Gasteiger partial charge in [0, 0.05) is 16.8 Å². The van der Waals surface area contributed by atoms with E-state index in [-0.39, 0.29) is 0 Å². The molecule has 0 aromatic carbocycles. The molecule has 0 aromatic rings. The average Bonchev–Trinajstić information content (AvgIpc) is 2.52. The van der Waals surface area contributed by atoms with Gasteiger partial charge in [-0.1, -0.05) is 37.4 Å². The Labute approximate surface area is 116 Å². The van der Waals surface area contributed by atoms with Gasteiger partial charge in [-0.3, -0.25) is 4.99 Å². The fourth-order valence-corrected chi connectivity index (χ4v) is 5.70. The second-order valence-electron chi connectivity index (χ2n) is 6.64. The van der Waals surface area contributed by atoms with Crippen LogP contribution in [0, 0.1) is 0 Å². The maximum atomic E-state index is 4.93. The number of aliphatic imine (C=N–C) groups is 1. The van der Waals surface area contributed by atoms with Gasteiger partial charge >= 0.3 is 0 Å². The Morgan fingerprint density at radius 1 is 1.22 bits per heavy atom. The number of hydrogen-bond acceptors (Lipinski definition) is 3. The zero-order valence-electron chi connectivity index (χ0n) is 12.0. The highest BCUT2D eigenvalue weighted by molar-refractivity contribution is 8.15. The molecule has 0 amide bonds. The van der Waals surface area contributed by atoms with Crippen molar-refractivity contribution in [2.75, 3.05) is 0 Å². The fraction of sp³-hybridized carbons (Fsp3) is 0.933. The Balaban J connectivity index is 1.91. The number of thioether (sulfide) groups is 1. The van der Waals surface area contributed by atoms with Crippen molar-refractivity contribution in [3.63, 3.8) is 0 Å². The summed E-state index contributed by atoms with van der Waals surface area (Å²) in [5.41, 5.74) is 0. The lowest BCUT2D eigenvalue weighted by Gasteiger charge is -2.41. The van der Waals surface area contributed by atoms with Crippen molar-refractivity contribution in [3.05, 3.63) is 0 Å². The van der Waals surface area contributed by atoms with E-state index in [1.807, 2.05) is 0 Å². The first kappa shape index (κ1) is 12.8. The van der Waals surface area contributed by atoms with Gasteiger partial charge in [0.2, 0.25) is 0 Å². The molecule has 3 aliphatic rings. The summed E-state index contributed by atoms with van der Waals surface area (Å²) in [7, 11) is 0. The number of nitrogens with zero attached hydrogens (tertiary/aromatic N) is 2. The highest BCUT2D eigenvalue weighted by Crippen LogP contribution is 2.50. The zero-order chi connectivity index (χ0) is 12.8. The van der Waals surface area contributed by atoms with Crippen molar-refractivity contribution in [2.45, 2.75) is 88.6 Å². The van der Waals surface area contributed by atoms with E-state index in [1.165, 1.54) is 50.1 Å². The quantitative estimate of drug-likeness (QED) is 0.657. The van der Waals surface area contributed by atoms with Crippen LogP contribution >= 0.6 is 11.8 Å². The van der Waals surface area contributed by atoms with E-state index in [2.05, 4.69) is 37.4 Å². The minimum absolute atomic E-state index is 0.428. The first-order valence-electron chi connectivity index (χ1n) is 7.65. The van der Waals surface area contributed by atoms with Crippen molar-refractivity contribution >= 4 is 16.9 Å². The summed E-state index contributed by atoms with van der Waals surface area (Å²) < 4.78 is 0.428. The van der Waals surface area contributed by atoms with Crippen LogP contribution in [-0.4, -0.2) is 32.9 Å². The molecular weight excluding hydrogens is 240 g/mol. The van der Waals surface area contributed by atoms with Crippen LogP contribution in [0.5, 0.6) is 0 Å². The van der Waals surface area contributed by atoms with E-state index in [0.29, 0.717) is 16.8 Å². The predicted octanol–water partition coefficient (Wildman–Crippen LogP) is 4.05. The molecule has 2 nitrogen and oxygen atoms in total. The molecule has 1 saturated carbocycles. The normalized spacial score (nSPS) is 44.7. The second-order valence-corrected chi connectivity index (χ2v) is 8.14. The Kier molecular flexibility index (Phi) is 3.38. The fourth-order valence-electron chi connectivity index (χ4n) is 4.02. The van der Waals surface area contributed by atoms with Crippen molar-refractivity contribution in [1.29, 1.82) is 0 Å². The van der Waals surface area contributed by atoms with Gasteiger partial charge in [0.15, 0.2) is 5.17 Å². The third kappa shape index (κ3) is 2.09. The zero-order valence-corrected chi connectivity index (χ0v) is 12.8. The molecule has 0 aromatic heterocycles. The van der Waals surface area contributed by atoms with Crippen LogP contribution in [0.25, 0.3) is 0 Å². The molecule has 1 saturated heterocycles. The van der Waals surface area contributed by atoms with E-state index < -0.39 is 0 Å². The summed E-state index contributed by atoms with van der Waals surface area (Å²) in [5, 5.41) is 1.36. The van der Waals surface area contributed by atoms with Gasteiger partial charge in [0.25, 0.3) is 0 Å². The molecule has 4 unspecified atom stereocenters. The molecule has 0 spiro atoms. The highest BCUT2D eigenvalue weighted by Gasteiger charge is 2.50. The molecular formula is C15H26N2S. The minimum atomic E-state index is 0.428. The monoisotopic (exact) mass is 266 g/mol. The molecule has 3 heteroatoms. The number of amidine groups is 1. The Morgan fingerprint density at radius 3 is 2.83 bits per heavy atom. The van der Waals surface area contributed by atoms with Gasteiger partial charge < -0.3 is 4.90 Å². The van der Waals surface area contributed by atoms with Crippen LogP contribution in [0.2, 0.25) is 0 Å². The van der Waals surface area contributed by atoms with E-state index >= 15 is 0 Å². The third-order valence-corrected chi connectivity index (χ3v) is 6.42.